The van der Waals surface area contributed by atoms with Gasteiger partial charge in [-0.25, -0.2) is 4.79 Å². The van der Waals surface area contributed by atoms with Crippen LogP contribution in [0.1, 0.15) is 40.0 Å². The third kappa shape index (κ3) is 4.09. The maximum atomic E-state index is 13.0. The normalized spacial score (nSPS) is 30.7. The molecule has 1 aliphatic carbocycles. The van der Waals surface area contributed by atoms with Gasteiger partial charge in [-0.15, -0.1) is 6.58 Å². The summed E-state index contributed by atoms with van der Waals surface area (Å²) in [7, 11) is 2.87. The molecule has 0 spiro atoms. The summed E-state index contributed by atoms with van der Waals surface area (Å²) in [6, 6.07) is -0.664. The lowest BCUT2D eigenvalue weighted by Crippen LogP contribution is -2.44. The first-order valence-corrected chi connectivity index (χ1v) is 8.84. The van der Waals surface area contributed by atoms with Crippen LogP contribution < -0.4 is 0 Å². The minimum Gasteiger partial charge on any atom is -0.469 e. The van der Waals surface area contributed by atoms with Gasteiger partial charge in [0.25, 0.3) is 0 Å². The molecule has 1 saturated heterocycles. The van der Waals surface area contributed by atoms with Gasteiger partial charge in [-0.05, 0) is 33.1 Å². The summed E-state index contributed by atoms with van der Waals surface area (Å²) in [5.74, 6) is -0.653. The van der Waals surface area contributed by atoms with Crippen molar-refractivity contribution in [2.24, 2.45) is 11.3 Å². The molecule has 0 radical (unpaired) electrons. The van der Waals surface area contributed by atoms with Crippen LogP contribution in [-0.2, 0) is 23.8 Å². The van der Waals surface area contributed by atoms with E-state index in [1.54, 1.807) is 34.0 Å². The topological polar surface area (TPSA) is 82.1 Å². The fourth-order valence-corrected chi connectivity index (χ4v) is 3.58. The molecule has 2 rings (SSSR count). The molecule has 7 nitrogen and oxygen atoms in total. The standard InChI is InChI=1S/C19H29NO6/c1-7-12-9-19(12,16(22)25-6)10-15(21)14-8-13(24-5)11-20(14)17(23)26-18(2,3)4/h7,12-14H,1,8-11H2,2-6H3. The Bertz CT molecular complexity index is 595. The molecular weight excluding hydrogens is 338 g/mol. The van der Waals surface area contributed by atoms with Crippen molar-refractivity contribution in [2.45, 2.75) is 57.8 Å². The molecule has 1 amide bonds. The number of carbonyl (C=O) groups is 3. The number of ketones is 1. The summed E-state index contributed by atoms with van der Waals surface area (Å²) in [5.41, 5.74) is -1.51. The minimum atomic E-state index is -0.849. The second-order valence-electron chi connectivity index (χ2n) is 8.08. The molecule has 0 aromatic rings. The van der Waals surface area contributed by atoms with E-state index in [1.807, 2.05) is 0 Å². The van der Waals surface area contributed by atoms with Crippen LogP contribution in [0.25, 0.3) is 0 Å². The van der Waals surface area contributed by atoms with Gasteiger partial charge in [0.15, 0.2) is 5.78 Å². The number of Topliss-reactive ketones (excluding diaryl/α,β-unsaturated/α-hetero) is 1. The Kier molecular flexibility index (Phi) is 5.80. The number of methoxy groups -OCH3 is 2. The monoisotopic (exact) mass is 367 g/mol. The predicted octanol–water partition coefficient (Wildman–Crippen LogP) is 2.34. The van der Waals surface area contributed by atoms with Crippen molar-refractivity contribution in [1.29, 1.82) is 0 Å². The Morgan fingerprint density at radius 2 is 1.92 bits per heavy atom. The van der Waals surface area contributed by atoms with Crippen molar-refractivity contribution < 1.29 is 28.6 Å². The first kappa shape index (κ1) is 20.4. The fourth-order valence-electron chi connectivity index (χ4n) is 3.58. The molecule has 1 heterocycles. The zero-order chi connectivity index (χ0) is 19.7. The Balaban J connectivity index is 2.15. The highest BCUT2D eigenvalue weighted by Crippen LogP contribution is 2.57. The van der Waals surface area contributed by atoms with Gasteiger partial charge >= 0.3 is 12.1 Å². The number of hydrogen-bond donors (Lipinski definition) is 0. The summed E-state index contributed by atoms with van der Waals surface area (Å²) in [5, 5.41) is 0. The van der Waals surface area contributed by atoms with E-state index in [2.05, 4.69) is 6.58 Å². The highest BCUT2D eigenvalue weighted by Gasteiger charge is 2.61. The van der Waals surface area contributed by atoms with E-state index in [9.17, 15) is 14.4 Å². The smallest absolute Gasteiger partial charge is 0.410 e. The van der Waals surface area contributed by atoms with Crippen LogP contribution in [0.3, 0.4) is 0 Å². The van der Waals surface area contributed by atoms with Gasteiger partial charge in [0.2, 0.25) is 0 Å². The van der Waals surface area contributed by atoms with E-state index in [4.69, 9.17) is 14.2 Å². The largest absolute Gasteiger partial charge is 0.469 e. The number of hydrogen-bond acceptors (Lipinski definition) is 6. The molecule has 7 heteroatoms. The lowest BCUT2D eigenvalue weighted by Gasteiger charge is -2.28. The maximum Gasteiger partial charge on any atom is 0.410 e. The van der Waals surface area contributed by atoms with Crippen LogP contribution in [0.15, 0.2) is 12.7 Å². The van der Waals surface area contributed by atoms with Crippen LogP contribution in [0.5, 0.6) is 0 Å². The molecule has 0 aromatic heterocycles. The highest BCUT2D eigenvalue weighted by atomic mass is 16.6. The summed E-state index contributed by atoms with van der Waals surface area (Å²) in [6.45, 7) is 9.34. The quantitative estimate of drug-likeness (QED) is 0.529. The van der Waals surface area contributed by atoms with Crippen molar-refractivity contribution in [2.75, 3.05) is 20.8 Å². The molecule has 146 valence electrons. The average molecular weight is 367 g/mol. The molecule has 1 aliphatic heterocycles. The second kappa shape index (κ2) is 7.39. The van der Waals surface area contributed by atoms with Gasteiger partial charge in [0.05, 0.1) is 31.2 Å². The maximum absolute atomic E-state index is 13.0. The highest BCUT2D eigenvalue weighted by molar-refractivity contribution is 5.94. The minimum absolute atomic E-state index is 0.0246. The average Bonchev–Trinajstić information content (AvgIpc) is 3.09. The van der Waals surface area contributed by atoms with Crippen LogP contribution in [0.2, 0.25) is 0 Å². The predicted molar refractivity (Wildman–Crippen MR) is 94.5 cm³/mol. The molecule has 0 bridgehead atoms. The SMILES string of the molecule is C=CC1CC1(CC(=O)C1CC(OC)CN1C(=O)OC(C)(C)C)C(=O)OC. The second-order valence-corrected chi connectivity index (χ2v) is 8.08. The van der Waals surface area contributed by atoms with Crippen molar-refractivity contribution >= 4 is 17.8 Å². The van der Waals surface area contributed by atoms with Gasteiger partial charge in [0.1, 0.15) is 5.60 Å². The van der Waals surface area contributed by atoms with Crippen molar-refractivity contribution in [3.8, 4) is 0 Å². The molecule has 4 atom stereocenters. The van der Waals surface area contributed by atoms with Gasteiger partial charge in [-0.3, -0.25) is 14.5 Å². The number of likely N-dealkylation sites (tertiary alicyclic amines) is 1. The van der Waals surface area contributed by atoms with E-state index in [-0.39, 0.29) is 30.8 Å². The summed E-state index contributed by atoms with van der Waals surface area (Å²) >= 11 is 0. The molecule has 0 aromatic carbocycles. The van der Waals surface area contributed by atoms with E-state index >= 15 is 0 Å². The molecule has 0 N–H and O–H groups in total. The summed E-state index contributed by atoms with van der Waals surface area (Å²) in [6.07, 6.45) is 1.87. The first-order valence-electron chi connectivity index (χ1n) is 8.84. The Hall–Kier alpha value is -1.89. The molecular formula is C19H29NO6. The van der Waals surface area contributed by atoms with E-state index in [0.717, 1.165) is 0 Å². The van der Waals surface area contributed by atoms with Crippen LogP contribution in [0, 0.1) is 11.3 Å². The van der Waals surface area contributed by atoms with E-state index < -0.39 is 29.1 Å². The number of amides is 1. The van der Waals surface area contributed by atoms with Crippen LogP contribution in [0.4, 0.5) is 4.79 Å². The van der Waals surface area contributed by atoms with Crippen molar-refractivity contribution in [1.82, 2.24) is 4.90 Å². The van der Waals surface area contributed by atoms with Gasteiger partial charge in [0, 0.05) is 20.0 Å². The number of ether oxygens (including phenoxy) is 3. The molecule has 2 fully saturated rings. The van der Waals surface area contributed by atoms with Crippen molar-refractivity contribution in [3.05, 3.63) is 12.7 Å². The third-order valence-electron chi connectivity index (χ3n) is 5.10. The number of rotatable bonds is 6. The molecule has 2 aliphatic rings. The van der Waals surface area contributed by atoms with Gasteiger partial charge in [-0.1, -0.05) is 6.08 Å². The Labute approximate surface area is 154 Å². The Morgan fingerprint density at radius 3 is 2.38 bits per heavy atom. The van der Waals surface area contributed by atoms with E-state index in [1.165, 1.54) is 12.0 Å². The van der Waals surface area contributed by atoms with Crippen molar-refractivity contribution in [3.63, 3.8) is 0 Å². The fraction of sp³-hybridized carbons (Fsp3) is 0.737. The number of nitrogens with zero attached hydrogens (tertiary/aromatic N) is 1. The van der Waals surface area contributed by atoms with Crippen LogP contribution in [-0.4, -0.2) is 61.3 Å². The third-order valence-corrected chi connectivity index (χ3v) is 5.10. The number of allylic oxidation sites excluding steroid dienone is 1. The van der Waals surface area contributed by atoms with Crippen LogP contribution >= 0.6 is 0 Å². The molecule has 4 unspecified atom stereocenters. The van der Waals surface area contributed by atoms with E-state index in [0.29, 0.717) is 12.8 Å². The lowest BCUT2D eigenvalue weighted by atomic mass is 9.92. The zero-order valence-corrected chi connectivity index (χ0v) is 16.2. The molecule has 1 saturated carbocycles. The van der Waals surface area contributed by atoms with Gasteiger partial charge in [-0.2, -0.15) is 0 Å². The summed E-state index contributed by atoms with van der Waals surface area (Å²) in [4.78, 5) is 39.1. The lowest BCUT2D eigenvalue weighted by molar-refractivity contribution is -0.149. The molecule has 26 heavy (non-hydrogen) atoms. The zero-order valence-electron chi connectivity index (χ0n) is 16.2. The number of esters is 1. The first-order chi connectivity index (χ1) is 12.1. The summed E-state index contributed by atoms with van der Waals surface area (Å²) < 4.78 is 15.7. The number of carbonyl (C=O) groups excluding carboxylic acids is 3. The van der Waals surface area contributed by atoms with Gasteiger partial charge < -0.3 is 14.2 Å². The Morgan fingerprint density at radius 1 is 1.27 bits per heavy atom.